The van der Waals surface area contributed by atoms with Crippen molar-refractivity contribution in [3.63, 3.8) is 0 Å². The van der Waals surface area contributed by atoms with Crippen molar-refractivity contribution in [3.8, 4) is 22.6 Å². The summed E-state index contributed by atoms with van der Waals surface area (Å²) >= 11 is 1.36. The highest BCUT2D eigenvalue weighted by Gasteiger charge is 2.40. The van der Waals surface area contributed by atoms with Crippen LogP contribution < -0.4 is 15.5 Å². The molecule has 0 atom stereocenters. The largest absolute Gasteiger partial charge is 0.481 e. The monoisotopic (exact) mass is 546 g/mol. The summed E-state index contributed by atoms with van der Waals surface area (Å²) in [5.41, 5.74) is 3.11. The van der Waals surface area contributed by atoms with Crippen molar-refractivity contribution in [1.29, 1.82) is 0 Å². The van der Waals surface area contributed by atoms with Crippen LogP contribution in [0.15, 0.2) is 36.8 Å². The number of thiazole rings is 1. The molecule has 202 valence electrons. The molecule has 11 nitrogen and oxygen atoms in total. The molecule has 1 fully saturated rings. The summed E-state index contributed by atoms with van der Waals surface area (Å²) in [5, 5.41) is 15.7. The molecular formula is C27H30N8O3S. The molecule has 0 radical (unpaired) electrons. The number of urea groups is 1. The fourth-order valence-corrected chi connectivity index (χ4v) is 5.75. The van der Waals surface area contributed by atoms with Gasteiger partial charge in [-0.05, 0) is 51.3 Å². The Labute approximate surface area is 229 Å². The Morgan fingerprint density at radius 1 is 1.10 bits per heavy atom. The first-order valence-corrected chi connectivity index (χ1v) is 13.7. The molecular weight excluding hydrogens is 516 g/mol. The van der Waals surface area contributed by atoms with Gasteiger partial charge >= 0.3 is 12.0 Å². The van der Waals surface area contributed by atoms with Crippen molar-refractivity contribution in [2.24, 2.45) is 5.41 Å². The van der Waals surface area contributed by atoms with E-state index in [1.807, 2.05) is 39.0 Å². The highest BCUT2D eigenvalue weighted by molar-refractivity contribution is 7.22. The molecule has 0 saturated carbocycles. The van der Waals surface area contributed by atoms with Crippen LogP contribution in [0.2, 0.25) is 0 Å². The Balaban J connectivity index is 1.47. The van der Waals surface area contributed by atoms with E-state index >= 15 is 0 Å². The van der Waals surface area contributed by atoms with Crippen molar-refractivity contribution in [3.05, 3.63) is 42.5 Å². The summed E-state index contributed by atoms with van der Waals surface area (Å²) in [6, 6.07) is 5.41. The predicted octanol–water partition coefficient (Wildman–Crippen LogP) is 4.74. The molecule has 4 heterocycles. The second-order valence-electron chi connectivity index (χ2n) is 9.58. The fraction of sp³-hybridized carbons (Fsp3) is 0.370. The summed E-state index contributed by atoms with van der Waals surface area (Å²) in [4.78, 5) is 49.1. The number of amides is 2. The Hall–Kier alpha value is -4.19. The number of carbonyl (C=O) groups excluding carboxylic acids is 1. The number of rotatable bonds is 7. The van der Waals surface area contributed by atoms with E-state index < -0.39 is 11.4 Å². The molecule has 1 aliphatic rings. The lowest BCUT2D eigenvalue weighted by molar-refractivity contribution is -0.150. The molecule has 3 N–H and O–H groups in total. The van der Waals surface area contributed by atoms with E-state index in [1.54, 1.807) is 18.6 Å². The van der Waals surface area contributed by atoms with E-state index in [-0.39, 0.29) is 6.03 Å². The van der Waals surface area contributed by atoms with Crippen molar-refractivity contribution in [1.82, 2.24) is 30.2 Å². The smallest absolute Gasteiger partial charge is 0.321 e. The molecule has 1 saturated heterocycles. The molecule has 1 aromatic carbocycles. The summed E-state index contributed by atoms with van der Waals surface area (Å²) in [7, 11) is 0. The van der Waals surface area contributed by atoms with Gasteiger partial charge in [0.2, 0.25) is 0 Å². The maximum absolute atomic E-state index is 12.1. The molecule has 1 aliphatic heterocycles. The van der Waals surface area contributed by atoms with Gasteiger partial charge in [0.05, 0.1) is 33.7 Å². The van der Waals surface area contributed by atoms with Crippen LogP contribution in [0.25, 0.3) is 32.9 Å². The van der Waals surface area contributed by atoms with Crippen LogP contribution in [0.1, 0.15) is 38.8 Å². The first kappa shape index (κ1) is 26.4. The van der Waals surface area contributed by atoms with Gasteiger partial charge in [0, 0.05) is 42.7 Å². The number of carboxylic acid groups (broad SMARTS) is 1. The Morgan fingerprint density at radius 2 is 1.90 bits per heavy atom. The molecule has 0 unspecified atom stereocenters. The lowest BCUT2D eigenvalue weighted by Crippen LogP contribution is -2.44. The third-order valence-corrected chi connectivity index (χ3v) is 8.21. The second kappa shape index (κ2) is 10.9. The molecule has 4 aromatic rings. The zero-order chi connectivity index (χ0) is 27.6. The normalized spacial score (nSPS) is 14.8. The maximum atomic E-state index is 12.1. The lowest BCUT2D eigenvalue weighted by Gasteiger charge is -2.38. The van der Waals surface area contributed by atoms with Gasteiger partial charge in [0.15, 0.2) is 11.0 Å². The topological polar surface area (TPSA) is 146 Å². The van der Waals surface area contributed by atoms with Gasteiger partial charge in [0.25, 0.3) is 0 Å². The van der Waals surface area contributed by atoms with Gasteiger partial charge in [0.1, 0.15) is 5.82 Å². The molecule has 0 aliphatic carbocycles. The van der Waals surface area contributed by atoms with Crippen molar-refractivity contribution >= 4 is 44.5 Å². The number of nitrogens with one attached hydrogen (secondary N) is 2. The molecule has 5 rings (SSSR count). The van der Waals surface area contributed by atoms with E-state index in [4.69, 9.17) is 0 Å². The van der Waals surface area contributed by atoms with Gasteiger partial charge in [-0.1, -0.05) is 18.3 Å². The average molecular weight is 547 g/mol. The zero-order valence-corrected chi connectivity index (χ0v) is 22.9. The van der Waals surface area contributed by atoms with Crippen LogP contribution >= 0.6 is 11.3 Å². The van der Waals surface area contributed by atoms with Crippen LogP contribution in [-0.4, -0.2) is 61.7 Å². The van der Waals surface area contributed by atoms with E-state index in [0.717, 1.165) is 27.3 Å². The van der Waals surface area contributed by atoms with E-state index in [9.17, 15) is 14.7 Å². The number of carboxylic acids is 1. The number of hydrogen-bond acceptors (Lipinski definition) is 9. The van der Waals surface area contributed by atoms with Gasteiger partial charge in [-0.2, -0.15) is 0 Å². The van der Waals surface area contributed by atoms with Gasteiger partial charge in [-0.15, -0.1) is 0 Å². The van der Waals surface area contributed by atoms with Gasteiger partial charge in [-0.25, -0.2) is 24.7 Å². The fourth-order valence-electron chi connectivity index (χ4n) is 4.80. The number of nitrogens with zero attached hydrogens (tertiary/aromatic N) is 6. The average Bonchev–Trinajstić information content (AvgIpc) is 3.34. The highest BCUT2D eigenvalue weighted by atomic mass is 32.1. The molecule has 0 bridgehead atoms. The number of carbonyl (C=O) groups is 2. The van der Waals surface area contributed by atoms with E-state index in [2.05, 4.69) is 40.5 Å². The van der Waals surface area contributed by atoms with Crippen LogP contribution in [0.5, 0.6) is 0 Å². The summed E-state index contributed by atoms with van der Waals surface area (Å²) < 4.78 is 0.854. The van der Waals surface area contributed by atoms with Crippen LogP contribution in [0.4, 0.5) is 15.7 Å². The van der Waals surface area contributed by atoms with Gasteiger partial charge < -0.3 is 15.3 Å². The van der Waals surface area contributed by atoms with Crippen molar-refractivity contribution in [2.45, 2.75) is 40.0 Å². The summed E-state index contributed by atoms with van der Waals surface area (Å²) in [6.07, 6.45) is 6.94. The van der Waals surface area contributed by atoms with Crippen LogP contribution in [0, 0.1) is 12.3 Å². The van der Waals surface area contributed by atoms with Crippen molar-refractivity contribution in [2.75, 3.05) is 29.9 Å². The van der Waals surface area contributed by atoms with Gasteiger partial charge in [-0.3, -0.25) is 15.1 Å². The Morgan fingerprint density at radius 3 is 2.54 bits per heavy atom. The zero-order valence-electron chi connectivity index (χ0n) is 22.1. The lowest BCUT2D eigenvalue weighted by atomic mass is 9.76. The third kappa shape index (κ3) is 5.37. The number of benzene rings is 1. The van der Waals surface area contributed by atoms with E-state index in [1.165, 1.54) is 11.3 Å². The Kier molecular flexibility index (Phi) is 7.38. The molecule has 2 amide bonds. The predicted molar refractivity (Wildman–Crippen MR) is 151 cm³/mol. The minimum atomic E-state index is -0.721. The number of fused-ring (bicyclic) bond motifs is 1. The number of aromatic nitrogens is 5. The maximum Gasteiger partial charge on any atom is 0.321 e. The van der Waals surface area contributed by atoms with Crippen molar-refractivity contribution < 1.29 is 14.7 Å². The summed E-state index contributed by atoms with van der Waals surface area (Å²) in [6.45, 7) is 7.45. The third-order valence-electron chi connectivity index (χ3n) is 7.19. The number of aliphatic carboxylic acids is 1. The number of aryl methyl sites for hydroxylation is 1. The minimum absolute atomic E-state index is 0.316. The summed E-state index contributed by atoms with van der Waals surface area (Å²) in [5.74, 6) is 0.561. The second-order valence-corrected chi connectivity index (χ2v) is 10.6. The first-order valence-electron chi connectivity index (χ1n) is 12.9. The molecule has 0 spiro atoms. The number of hydrogen-bond donors (Lipinski definition) is 3. The number of anilines is 2. The standard InChI is InChI=1S/C27H30N8O3S/c1-4-27(24(36)37)7-10-35(11-8-27)21-15-30-20(14-31-21)17-12-18(23-29-9-6-16(3)32-23)22-19(13-17)33-26(39-22)34-25(38)28-5-2/h6,9,12-15H,4-5,7-8,10-11H2,1-3H3,(H,36,37)(H2,28,33,34,38). The molecule has 12 heteroatoms. The number of piperidine rings is 1. The van der Waals surface area contributed by atoms with Crippen LogP contribution in [0.3, 0.4) is 0 Å². The Bertz CT molecular complexity index is 1510. The first-order chi connectivity index (χ1) is 18.8. The minimum Gasteiger partial charge on any atom is -0.481 e. The quantitative estimate of drug-likeness (QED) is 0.299. The molecule has 3 aromatic heterocycles. The van der Waals surface area contributed by atoms with E-state index in [0.29, 0.717) is 61.1 Å². The SMILES string of the molecule is CCNC(=O)Nc1nc2cc(-c3cnc(N4CCC(CC)(C(=O)O)CC4)cn3)cc(-c3nccc(C)n3)c2s1. The highest BCUT2D eigenvalue weighted by Crippen LogP contribution is 2.38. The van der Waals surface area contributed by atoms with Crippen LogP contribution in [-0.2, 0) is 4.79 Å². The molecule has 39 heavy (non-hydrogen) atoms.